The third-order valence-corrected chi connectivity index (χ3v) is 5.90. The first-order valence-electron chi connectivity index (χ1n) is 7.90. The topological polar surface area (TPSA) is 81.1 Å². The lowest BCUT2D eigenvalue weighted by Gasteiger charge is -2.14. The lowest BCUT2D eigenvalue weighted by Crippen LogP contribution is -2.26. The van der Waals surface area contributed by atoms with Crippen molar-refractivity contribution in [3.05, 3.63) is 51.6 Å². The Labute approximate surface area is 158 Å². The second kappa shape index (κ2) is 7.43. The molecule has 0 aliphatic carbocycles. The highest BCUT2D eigenvalue weighted by molar-refractivity contribution is 8.00. The Hall–Kier alpha value is -2.45. The average molecular weight is 387 g/mol. The van der Waals surface area contributed by atoms with Crippen molar-refractivity contribution in [3.8, 4) is 0 Å². The maximum atomic E-state index is 12.5. The molecule has 0 spiro atoms. The van der Waals surface area contributed by atoms with Crippen LogP contribution < -0.4 is 10.9 Å². The monoisotopic (exact) mass is 387 g/mol. The predicted octanol–water partition coefficient (Wildman–Crippen LogP) is 3.32. The van der Waals surface area contributed by atoms with Gasteiger partial charge in [0.15, 0.2) is 10.9 Å². The van der Waals surface area contributed by atoms with Gasteiger partial charge in [-0.2, -0.15) is 0 Å². The second-order valence-electron chi connectivity index (χ2n) is 5.74. The Balaban J connectivity index is 1.81. The number of carbonyl (C=O) groups is 2. The number of hydrogen-bond acceptors (Lipinski definition) is 6. The zero-order chi connectivity index (χ0) is 18.8. The molecule has 3 rings (SSSR count). The van der Waals surface area contributed by atoms with Gasteiger partial charge < -0.3 is 5.32 Å². The number of aromatic nitrogens is 2. The largest absolute Gasteiger partial charge is 0.324 e. The van der Waals surface area contributed by atoms with Gasteiger partial charge in [-0.15, -0.1) is 11.3 Å². The van der Waals surface area contributed by atoms with Gasteiger partial charge in [-0.25, -0.2) is 4.98 Å². The first-order chi connectivity index (χ1) is 12.4. The molecule has 6 nitrogen and oxygen atoms in total. The van der Waals surface area contributed by atoms with Gasteiger partial charge in [-0.05, 0) is 37.4 Å². The minimum atomic E-state index is -0.496. The van der Waals surface area contributed by atoms with Crippen molar-refractivity contribution in [2.45, 2.75) is 24.3 Å². The first kappa shape index (κ1) is 18.3. The van der Waals surface area contributed by atoms with Crippen molar-refractivity contribution in [1.29, 1.82) is 0 Å². The summed E-state index contributed by atoms with van der Waals surface area (Å²) in [7, 11) is 1.65. The highest BCUT2D eigenvalue weighted by atomic mass is 32.2. The highest BCUT2D eigenvalue weighted by Crippen LogP contribution is 2.25. The highest BCUT2D eigenvalue weighted by Gasteiger charge is 2.20. The summed E-state index contributed by atoms with van der Waals surface area (Å²) in [4.78, 5) is 41.1. The van der Waals surface area contributed by atoms with Gasteiger partial charge in [-0.3, -0.25) is 19.0 Å². The Morgan fingerprint density at radius 3 is 2.73 bits per heavy atom. The number of thiophene rings is 1. The molecule has 134 valence electrons. The van der Waals surface area contributed by atoms with Crippen LogP contribution in [0.2, 0.25) is 0 Å². The maximum Gasteiger partial charge on any atom is 0.271 e. The molecule has 8 heteroatoms. The molecule has 2 heterocycles. The number of rotatable bonds is 5. The molecule has 1 amide bonds. The molecular weight excluding hydrogens is 370 g/mol. The standard InChI is InChI=1S/C18H17N3O3S2/c1-10(22)12-6-4-5-7-13(12)19-16(23)11(2)26-18-20-14-8-9-25-15(14)17(24)21(18)3/h4-9,11H,1-3H3,(H,19,23). The van der Waals surface area contributed by atoms with E-state index in [9.17, 15) is 14.4 Å². The maximum absolute atomic E-state index is 12.5. The fourth-order valence-electron chi connectivity index (χ4n) is 2.42. The number of hydrogen-bond donors (Lipinski definition) is 1. The molecule has 0 bridgehead atoms. The van der Waals surface area contributed by atoms with Crippen molar-refractivity contribution >= 4 is 50.7 Å². The van der Waals surface area contributed by atoms with E-state index < -0.39 is 5.25 Å². The average Bonchev–Trinajstić information content (AvgIpc) is 3.08. The fraction of sp³-hybridized carbons (Fsp3) is 0.222. The number of carbonyl (C=O) groups excluding carboxylic acids is 2. The molecule has 1 atom stereocenters. The number of anilines is 1. The number of ketones is 1. The summed E-state index contributed by atoms with van der Waals surface area (Å²) in [6, 6.07) is 8.66. The minimum absolute atomic E-state index is 0.117. The summed E-state index contributed by atoms with van der Waals surface area (Å²) in [5.41, 5.74) is 1.45. The molecule has 1 unspecified atom stereocenters. The SMILES string of the molecule is CC(=O)c1ccccc1NC(=O)C(C)Sc1nc2ccsc2c(=O)n1C. The van der Waals surface area contributed by atoms with Crippen LogP contribution in [0.1, 0.15) is 24.2 Å². The summed E-state index contributed by atoms with van der Waals surface area (Å²) < 4.78 is 2.06. The Bertz CT molecular complexity index is 1060. The van der Waals surface area contributed by atoms with Crippen molar-refractivity contribution < 1.29 is 9.59 Å². The van der Waals surface area contributed by atoms with Gasteiger partial charge in [0.25, 0.3) is 5.56 Å². The molecule has 3 aromatic rings. The van der Waals surface area contributed by atoms with Gasteiger partial charge in [-0.1, -0.05) is 23.9 Å². The van der Waals surface area contributed by atoms with E-state index in [4.69, 9.17) is 0 Å². The van der Waals surface area contributed by atoms with Gasteiger partial charge >= 0.3 is 0 Å². The number of Topliss-reactive ketones (excluding diaryl/α,β-unsaturated/α-hetero) is 1. The number of para-hydroxylation sites is 1. The fourth-order valence-corrected chi connectivity index (χ4v) is 4.10. The third-order valence-electron chi connectivity index (χ3n) is 3.86. The van der Waals surface area contributed by atoms with Crippen molar-refractivity contribution in [3.63, 3.8) is 0 Å². The van der Waals surface area contributed by atoms with Crippen molar-refractivity contribution in [1.82, 2.24) is 9.55 Å². The summed E-state index contributed by atoms with van der Waals surface area (Å²) in [5, 5.41) is 4.59. The quantitative estimate of drug-likeness (QED) is 0.413. The molecule has 2 aromatic heterocycles. The smallest absolute Gasteiger partial charge is 0.271 e. The number of thioether (sulfide) groups is 1. The first-order valence-corrected chi connectivity index (χ1v) is 9.66. The van der Waals surface area contributed by atoms with Crippen molar-refractivity contribution in [2.75, 3.05) is 5.32 Å². The second-order valence-corrected chi connectivity index (χ2v) is 7.97. The molecule has 0 aliphatic heterocycles. The normalized spacial score (nSPS) is 12.1. The van der Waals surface area contributed by atoms with Gasteiger partial charge in [0.1, 0.15) is 4.70 Å². The van der Waals surface area contributed by atoms with E-state index >= 15 is 0 Å². The number of nitrogens with zero attached hydrogens (tertiary/aromatic N) is 2. The van der Waals surface area contributed by atoms with Crippen LogP contribution in [0.15, 0.2) is 45.7 Å². The third kappa shape index (κ3) is 3.56. The molecule has 1 aromatic carbocycles. The van der Waals surface area contributed by atoms with E-state index in [-0.39, 0.29) is 17.2 Å². The van der Waals surface area contributed by atoms with Crippen LogP contribution in [0.5, 0.6) is 0 Å². The predicted molar refractivity (Wildman–Crippen MR) is 105 cm³/mol. The molecule has 26 heavy (non-hydrogen) atoms. The summed E-state index contributed by atoms with van der Waals surface area (Å²) >= 11 is 2.56. The van der Waals surface area contributed by atoms with E-state index in [2.05, 4.69) is 10.3 Å². The van der Waals surface area contributed by atoms with Gasteiger partial charge in [0.05, 0.1) is 16.5 Å². The zero-order valence-corrected chi connectivity index (χ0v) is 16.1. The Morgan fingerprint density at radius 2 is 2.00 bits per heavy atom. The number of benzene rings is 1. The summed E-state index contributed by atoms with van der Waals surface area (Å²) in [6.45, 7) is 3.19. The lowest BCUT2D eigenvalue weighted by molar-refractivity contribution is -0.115. The number of fused-ring (bicyclic) bond motifs is 1. The van der Waals surface area contributed by atoms with Crippen LogP contribution in [-0.2, 0) is 11.8 Å². The van der Waals surface area contributed by atoms with Crippen LogP contribution in [0.4, 0.5) is 5.69 Å². The zero-order valence-electron chi connectivity index (χ0n) is 14.5. The van der Waals surface area contributed by atoms with E-state index in [0.717, 1.165) is 0 Å². The van der Waals surface area contributed by atoms with Gasteiger partial charge in [0, 0.05) is 12.6 Å². The molecule has 0 saturated carbocycles. The molecule has 0 fully saturated rings. The van der Waals surface area contributed by atoms with Crippen LogP contribution in [0.25, 0.3) is 10.2 Å². The van der Waals surface area contributed by atoms with Crippen LogP contribution in [0, 0.1) is 0 Å². The van der Waals surface area contributed by atoms with Crippen LogP contribution in [-0.4, -0.2) is 26.5 Å². The molecular formula is C18H17N3O3S2. The van der Waals surface area contributed by atoms with Crippen LogP contribution >= 0.6 is 23.1 Å². The molecule has 1 N–H and O–H groups in total. The lowest BCUT2D eigenvalue weighted by atomic mass is 10.1. The number of nitrogens with one attached hydrogen (secondary N) is 1. The van der Waals surface area contributed by atoms with E-state index in [1.165, 1.54) is 34.6 Å². The molecule has 0 aliphatic rings. The summed E-state index contributed by atoms with van der Waals surface area (Å²) in [6.07, 6.45) is 0. The van der Waals surface area contributed by atoms with Gasteiger partial charge in [0.2, 0.25) is 5.91 Å². The molecule has 0 radical (unpaired) electrons. The van der Waals surface area contributed by atoms with E-state index in [1.807, 2.05) is 5.38 Å². The summed E-state index contributed by atoms with van der Waals surface area (Å²) in [5.74, 6) is -0.378. The molecule has 0 saturated heterocycles. The van der Waals surface area contributed by atoms with E-state index in [1.54, 1.807) is 44.3 Å². The minimum Gasteiger partial charge on any atom is -0.324 e. The van der Waals surface area contributed by atoms with Crippen molar-refractivity contribution in [2.24, 2.45) is 7.05 Å². The van der Waals surface area contributed by atoms with E-state index in [0.29, 0.717) is 26.6 Å². The number of amides is 1. The Morgan fingerprint density at radius 1 is 1.27 bits per heavy atom. The Kier molecular flexibility index (Phi) is 5.24. The van der Waals surface area contributed by atoms with Crippen LogP contribution in [0.3, 0.4) is 0 Å².